The van der Waals surface area contributed by atoms with Gasteiger partial charge in [0, 0.05) is 34.8 Å². The number of anilines is 2. The normalized spacial score (nSPS) is 17.0. The van der Waals surface area contributed by atoms with Crippen molar-refractivity contribution in [1.82, 2.24) is 0 Å². The van der Waals surface area contributed by atoms with Crippen LogP contribution in [0.3, 0.4) is 0 Å². The zero-order valence-corrected chi connectivity index (χ0v) is 25.7. The third-order valence-corrected chi connectivity index (χ3v) is 9.49. The van der Waals surface area contributed by atoms with Gasteiger partial charge in [-0.15, -0.1) is 0 Å². The molecule has 0 bridgehead atoms. The van der Waals surface area contributed by atoms with Crippen molar-refractivity contribution in [2.45, 2.75) is 59.9 Å². The summed E-state index contributed by atoms with van der Waals surface area (Å²) in [7, 11) is 1.48. The number of nitrogens with zero attached hydrogens (tertiary/aromatic N) is 4. The van der Waals surface area contributed by atoms with Gasteiger partial charge >= 0.3 is 13.0 Å². The van der Waals surface area contributed by atoms with Crippen molar-refractivity contribution in [1.29, 1.82) is 0 Å². The van der Waals surface area contributed by atoms with Crippen LogP contribution in [0.5, 0.6) is 0 Å². The number of nitrogens with one attached hydrogen (secondary N) is 1. The lowest BCUT2D eigenvalue weighted by atomic mass is 9.58. The number of carbonyl (C=O) groups is 1. The standard InChI is InChI=1S/C35H38BN5O2/c1-22-17-26-13-9-15-30-32(26)31(18-22)41(21-25-11-7-6-8-12-25)36(39-30)33-24(3)29-20-35(4,34(42)43-5)19-28(29)23(2)27(33)14-10-16-38-40-37/h6-9,11-13,15,17-18,39H,10,14,16,19-21H2,1-5H3. The molecule has 2 aliphatic rings. The van der Waals surface area contributed by atoms with Gasteiger partial charge in [0.1, 0.15) is 0 Å². The summed E-state index contributed by atoms with van der Waals surface area (Å²) in [6.07, 6.45) is 2.86. The molecule has 218 valence electrons. The number of hydrogen-bond donors (Lipinski definition) is 1. The van der Waals surface area contributed by atoms with Gasteiger partial charge in [0.2, 0.25) is 0 Å². The first kappa shape index (κ1) is 28.7. The van der Waals surface area contributed by atoms with Crippen LogP contribution in [-0.2, 0) is 35.3 Å². The Morgan fingerprint density at radius 2 is 1.81 bits per heavy atom. The second-order valence-corrected chi connectivity index (χ2v) is 12.4. The summed E-state index contributed by atoms with van der Waals surface area (Å²) >= 11 is 0. The van der Waals surface area contributed by atoms with Crippen LogP contribution >= 0.6 is 0 Å². The van der Waals surface area contributed by atoms with Crippen LogP contribution in [0, 0.1) is 26.2 Å². The molecule has 4 aromatic rings. The zero-order chi connectivity index (χ0) is 30.3. The highest BCUT2D eigenvalue weighted by Gasteiger charge is 2.45. The molecular weight excluding hydrogens is 533 g/mol. The number of azide groups is 1. The van der Waals surface area contributed by atoms with Gasteiger partial charge in [0.05, 0.1) is 12.5 Å². The molecule has 0 saturated heterocycles. The summed E-state index contributed by atoms with van der Waals surface area (Å²) in [6.45, 7) is 9.67. The Morgan fingerprint density at radius 3 is 2.53 bits per heavy atom. The summed E-state index contributed by atoms with van der Waals surface area (Å²) < 4.78 is 5.28. The molecule has 6 rings (SSSR count). The lowest BCUT2D eigenvalue weighted by Crippen LogP contribution is -2.58. The molecule has 4 aromatic carbocycles. The number of ether oxygens (including phenoxy) is 1. The van der Waals surface area contributed by atoms with Crippen molar-refractivity contribution in [3.05, 3.63) is 110 Å². The summed E-state index contributed by atoms with van der Waals surface area (Å²) in [4.78, 5) is 18.5. The molecule has 1 atom stereocenters. The van der Waals surface area contributed by atoms with Crippen LogP contribution in [0.4, 0.5) is 11.4 Å². The van der Waals surface area contributed by atoms with Crippen LogP contribution in [0.1, 0.15) is 52.3 Å². The molecule has 0 spiro atoms. The van der Waals surface area contributed by atoms with Gasteiger partial charge in [0.25, 0.3) is 0 Å². The maximum absolute atomic E-state index is 13.0. The van der Waals surface area contributed by atoms with Crippen molar-refractivity contribution in [3.63, 3.8) is 0 Å². The van der Waals surface area contributed by atoms with Crippen LogP contribution in [0.2, 0.25) is 0 Å². The molecule has 0 amide bonds. The first-order chi connectivity index (χ1) is 20.8. The predicted octanol–water partition coefficient (Wildman–Crippen LogP) is 7.11. The molecule has 0 fully saturated rings. The van der Waals surface area contributed by atoms with Crippen LogP contribution < -0.4 is 15.5 Å². The van der Waals surface area contributed by atoms with E-state index in [0.717, 1.165) is 25.1 Å². The molecule has 0 aromatic heterocycles. The zero-order valence-electron chi connectivity index (χ0n) is 25.7. The van der Waals surface area contributed by atoms with E-state index in [0.29, 0.717) is 19.4 Å². The smallest absolute Gasteiger partial charge is 0.409 e. The monoisotopic (exact) mass is 571 g/mol. The lowest BCUT2D eigenvalue weighted by Gasteiger charge is -2.40. The number of rotatable bonds is 8. The molecule has 0 radical (unpaired) electrons. The number of hydrogen-bond acceptors (Lipinski definition) is 5. The summed E-state index contributed by atoms with van der Waals surface area (Å²) in [5.41, 5.74) is 20.7. The Morgan fingerprint density at radius 1 is 1.07 bits per heavy atom. The van der Waals surface area contributed by atoms with Gasteiger partial charge in [-0.05, 0) is 121 Å². The Bertz CT molecular complexity index is 1780. The number of benzene rings is 4. The second kappa shape index (κ2) is 11.3. The average Bonchev–Trinajstić information content (AvgIpc) is 3.38. The summed E-state index contributed by atoms with van der Waals surface area (Å²) in [6, 6.07) is 21.7. The molecule has 1 heterocycles. The molecule has 1 aliphatic carbocycles. The third kappa shape index (κ3) is 5.00. The van der Waals surface area contributed by atoms with Crippen molar-refractivity contribution in [2.24, 2.45) is 10.5 Å². The molecule has 1 aliphatic heterocycles. The minimum Gasteiger partial charge on any atom is -0.469 e. The summed E-state index contributed by atoms with van der Waals surface area (Å²) in [5, 5.41) is 10.3. The van der Waals surface area contributed by atoms with Crippen molar-refractivity contribution < 1.29 is 9.53 Å². The van der Waals surface area contributed by atoms with E-state index in [9.17, 15) is 4.79 Å². The Hall–Kier alpha value is -4.42. The number of fused-ring (bicyclic) bond motifs is 1. The van der Waals surface area contributed by atoms with Gasteiger partial charge in [-0.3, -0.25) is 4.79 Å². The molecule has 0 saturated carbocycles. The van der Waals surface area contributed by atoms with Gasteiger partial charge in [-0.25, -0.2) is 0 Å². The molecule has 43 heavy (non-hydrogen) atoms. The number of esters is 1. The fraction of sp³-hybridized carbons (Fsp3) is 0.343. The van der Waals surface area contributed by atoms with Gasteiger partial charge < -0.3 is 14.8 Å². The fourth-order valence-corrected chi connectivity index (χ4v) is 7.45. The van der Waals surface area contributed by atoms with Crippen LogP contribution in [0.15, 0.2) is 65.8 Å². The highest BCUT2D eigenvalue weighted by molar-refractivity contribution is 6.81. The predicted molar refractivity (Wildman–Crippen MR) is 176 cm³/mol. The van der Waals surface area contributed by atoms with E-state index in [-0.39, 0.29) is 13.0 Å². The van der Waals surface area contributed by atoms with E-state index in [1.165, 1.54) is 68.0 Å². The lowest BCUT2D eigenvalue weighted by molar-refractivity contribution is -0.151. The van der Waals surface area contributed by atoms with Gasteiger partial charge in [-0.2, -0.15) is 0 Å². The number of methoxy groups -OCH3 is 1. The molecule has 1 N–H and O–H groups in total. The fourth-order valence-electron chi connectivity index (χ4n) is 7.45. The second-order valence-electron chi connectivity index (χ2n) is 12.4. The minimum absolute atomic E-state index is 0.136. The third-order valence-electron chi connectivity index (χ3n) is 9.49. The van der Waals surface area contributed by atoms with E-state index < -0.39 is 5.41 Å². The minimum atomic E-state index is -0.591. The van der Waals surface area contributed by atoms with Gasteiger partial charge in [0.15, 0.2) is 0 Å². The van der Waals surface area contributed by atoms with E-state index in [2.05, 4.69) is 101 Å². The van der Waals surface area contributed by atoms with Crippen LogP contribution in [-0.4, -0.2) is 26.6 Å². The topological polar surface area (TPSA) is 90.3 Å². The van der Waals surface area contributed by atoms with Crippen molar-refractivity contribution >= 4 is 40.6 Å². The largest absolute Gasteiger partial charge is 0.469 e. The first-order valence-electron chi connectivity index (χ1n) is 15.1. The van der Waals surface area contributed by atoms with Crippen LogP contribution in [0.25, 0.3) is 21.2 Å². The Labute approximate surface area is 254 Å². The van der Waals surface area contributed by atoms with E-state index in [4.69, 9.17) is 10.3 Å². The average molecular weight is 572 g/mol. The summed E-state index contributed by atoms with van der Waals surface area (Å²) in [5.74, 6) is -0.161. The quantitative estimate of drug-likeness (QED) is 0.0609. The van der Waals surface area contributed by atoms with E-state index >= 15 is 0 Å². The van der Waals surface area contributed by atoms with Crippen molar-refractivity contribution in [2.75, 3.05) is 23.7 Å². The first-order valence-corrected chi connectivity index (χ1v) is 15.1. The maximum atomic E-state index is 13.0. The molecule has 1 unspecified atom stereocenters. The maximum Gasteiger partial charge on any atom is 0.409 e. The Balaban J connectivity index is 1.57. The highest BCUT2D eigenvalue weighted by Crippen LogP contribution is 2.43. The molecular formula is C35H38BN5O2. The van der Waals surface area contributed by atoms with Crippen molar-refractivity contribution in [3.8, 4) is 0 Å². The van der Waals surface area contributed by atoms with E-state index in [1.807, 2.05) is 6.92 Å². The highest BCUT2D eigenvalue weighted by atomic mass is 16.5. The SMILES string of the molecule is COC(=O)C1(C)Cc2c(C)c(CCCN=[N+]=[N-])c(B3Nc4cccc5cc(C)cc(c45)N3Cc3ccccc3)c(C)c2C1. The molecule has 8 heteroatoms. The van der Waals surface area contributed by atoms with E-state index in [1.54, 1.807) is 0 Å². The Kier molecular flexibility index (Phi) is 7.57. The molecule has 7 nitrogen and oxygen atoms in total. The number of aryl methyl sites for hydroxylation is 1. The number of carbonyl (C=O) groups excluding carboxylic acids is 1. The van der Waals surface area contributed by atoms with Gasteiger partial charge in [-0.1, -0.05) is 53.6 Å².